The van der Waals surface area contributed by atoms with Gasteiger partial charge in [0.15, 0.2) is 0 Å². The second kappa shape index (κ2) is 5.35. The zero-order chi connectivity index (χ0) is 14.7. The number of rotatable bonds is 3. The van der Waals surface area contributed by atoms with Crippen LogP contribution in [0.15, 0.2) is 36.7 Å². The normalized spacial score (nSPS) is 10.1. The largest absolute Gasteiger partial charge is 0.507 e. The van der Waals surface area contributed by atoms with Crippen LogP contribution in [0.4, 0.5) is 10.1 Å². The second-order valence-corrected chi connectivity index (χ2v) is 3.81. The molecular formula is C13H9FN2O4. The van der Waals surface area contributed by atoms with Crippen LogP contribution in [0, 0.1) is 5.82 Å². The highest BCUT2D eigenvalue weighted by atomic mass is 19.1. The number of aromatic nitrogens is 1. The number of pyridine rings is 1. The molecule has 3 N–H and O–H groups in total. The van der Waals surface area contributed by atoms with Crippen molar-refractivity contribution in [1.82, 2.24) is 4.98 Å². The minimum absolute atomic E-state index is 0.0901. The Hall–Kier alpha value is -2.96. The van der Waals surface area contributed by atoms with Crippen molar-refractivity contribution in [3.63, 3.8) is 0 Å². The van der Waals surface area contributed by atoms with Crippen molar-refractivity contribution in [3.05, 3.63) is 53.6 Å². The molecule has 0 atom stereocenters. The van der Waals surface area contributed by atoms with Gasteiger partial charge in [0, 0.05) is 6.20 Å². The Kier molecular flexibility index (Phi) is 3.60. The maximum Gasteiger partial charge on any atom is 0.337 e. The number of carboxylic acids is 1. The third-order valence-electron chi connectivity index (χ3n) is 2.52. The number of aromatic carboxylic acids is 1. The number of nitrogens with one attached hydrogen (secondary N) is 1. The lowest BCUT2D eigenvalue weighted by atomic mass is 10.1. The van der Waals surface area contributed by atoms with Crippen molar-refractivity contribution in [2.45, 2.75) is 0 Å². The number of carboxylic acid groups (broad SMARTS) is 1. The number of phenols is 1. The molecule has 0 aliphatic heterocycles. The van der Waals surface area contributed by atoms with Crippen molar-refractivity contribution >= 4 is 17.6 Å². The molecule has 2 rings (SSSR count). The zero-order valence-electron chi connectivity index (χ0n) is 10.0. The molecule has 0 radical (unpaired) electrons. The number of anilines is 1. The molecule has 0 unspecified atom stereocenters. The molecule has 0 fully saturated rings. The van der Waals surface area contributed by atoms with Crippen LogP contribution in [0.3, 0.4) is 0 Å². The van der Waals surface area contributed by atoms with E-state index in [1.165, 1.54) is 18.3 Å². The Labute approximate surface area is 112 Å². The minimum Gasteiger partial charge on any atom is -0.507 e. The molecule has 1 aromatic heterocycles. The lowest BCUT2D eigenvalue weighted by Gasteiger charge is -2.09. The summed E-state index contributed by atoms with van der Waals surface area (Å²) in [6, 6.07) is 4.60. The van der Waals surface area contributed by atoms with Crippen LogP contribution in [0.5, 0.6) is 5.75 Å². The van der Waals surface area contributed by atoms with E-state index in [1.807, 2.05) is 0 Å². The highest BCUT2D eigenvalue weighted by Gasteiger charge is 2.19. The molecule has 1 heterocycles. The first-order valence-corrected chi connectivity index (χ1v) is 5.47. The number of carbonyl (C=O) groups is 2. The molecule has 0 spiro atoms. The van der Waals surface area contributed by atoms with Gasteiger partial charge in [0.25, 0.3) is 5.91 Å². The number of halogens is 1. The summed E-state index contributed by atoms with van der Waals surface area (Å²) < 4.78 is 13.5. The van der Waals surface area contributed by atoms with Crippen molar-refractivity contribution in [3.8, 4) is 5.75 Å². The lowest BCUT2D eigenvalue weighted by Crippen LogP contribution is -2.16. The molecular weight excluding hydrogens is 267 g/mol. The highest BCUT2D eigenvalue weighted by molar-refractivity contribution is 6.09. The topological polar surface area (TPSA) is 99.5 Å². The maximum absolute atomic E-state index is 13.5. The van der Waals surface area contributed by atoms with Gasteiger partial charge in [-0.2, -0.15) is 0 Å². The number of nitrogens with zero attached hydrogens (tertiary/aromatic N) is 1. The van der Waals surface area contributed by atoms with Crippen LogP contribution in [-0.2, 0) is 0 Å². The Bertz CT molecular complexity index is 668. The van der Waals surface area contributed by atoms with Crippen LogP contribution in [-0.4, -0.2) is 27.1 Å². The molecule has 0 saturated carbocycles. The summed E-state index contributed by atoms with van der Waals surface area (Å²) in [5, 5.41) is 20.6. The Balaban J connectivity index is 2.36. The summed E-state index contributed by atoms with van der Waals surface area (Å²) in [5.74, 6) is -3.68. The SMILES string of the molecule is O=C(O)c1ccncc1NC(=O)c1c(O)cccc1F. The number of benzene rings is 1. The van der Waals surface area contributed by atoms with Crippen LogP contribution >= 0.6 is 0 Å². The van der Waals surface area contributed by atoms with E-state index in [4.69, 9.17) is 5.11 Å². The second-order valence-electron chi connectivity index (χ2n) is 3.81. The van der Waals surface area contributed by atoms with Gasteiger partial charge >= 0.3 is 5.97 Å². The Morgan fingerprint density at radius 1 is 1.25 bits per heavy atom. The van der Waals surface area contributed by atoms with E-state index >= 15 is 0 Å². The first kappa shape index (κ1) is 13.5. The van der Waals surface area contributed by atoms with Crippen molar-refractivity contribution in [2.24, 2.45) is 0 Å². The first-order valence-electron chi connectivity index (χ1n) is 5.47. The summed E-state index contributed by atoms with van der Waals surface area (Å²) in [5.41, 5.74) is -0.843. The average molecular weight is 276 g/mol. The number of aromatic hydroxyl groups is 1. The molecule has 2 aromatic rings. The molecule has 102 valence electrons. The molecule has 6 nitrogen and oxygen atoms in total. The molecule has 0 saturated heterocycles. The monoisotopic (exact) mass is 276 g/mol. The third kappa shape index (κ3) is 2.56. The van der Waals surface area contributed by atoms with E-state index in [-0.39, 0.29) is 11.3 Å². The summed E-state index contributed by atoms with van der Waals surface area (Å²) in [6.07, 6.45) is 2.37. The predicted octanol–water partition coefficient (Wildman–Crippen LogP) is 1.88. The quantitative estimate of drug-likeness (QED) is 0.794. The number of phenolic OH excluding ortho intramolecular Hbond substituents is 1. The van der Waals surface area contributed by atoms with Crippen molar-refractivity contribution in [2.75, 3.05) is 5.32 Å². The molecule has 0 aliphatic carbocycles. The maximum atomic E-state index is 13.5. The number of amides is 1. The van der Waals surface area contributed by atoms with Crippen molar-refractivity contribution in [1.29, 1.82) is 0 Å². The molecule has 1 amide bonds. The minimum atomic E-state index is -1.26. The van der Waals surface area contributed by atoms with Gasteiger partial charge in [0.2, 0.25) is 0 Å². The van der Waals surface area contributed by atoms with E-state index in [0.29, 0.717) is 0 Å². The Morgan fingerprint density at radius 3 is 2.65 bits per heavy atom. The molecule has 0 bridgehead atoms. The van der Waals surface area contributed by atoms with Crippen LogP contribution in [0.25, 0.3) is 0 Å². The van der Waals surface area contributed by atoms with Gasteiger partial charge in [0.1, 0.15) is 17.1 Å². The van der Waals surface area contributed by atoms with Crippen LogP contribution < -0.4 is 5.32 Å². The highest BCUT2D eigenvalue weighted by Crippen LogP contribution is 2.22. The zero-order valence-corrected chi connectivity index (χ0v) is 10.0. The third-order valence-corrected chi connectivity index (χ3v) is 2.52. The standard InChI is InChI=1S/C13H9FN2O4/c14-8-2-1-3-10(17)11(8)12(18)16-9-6-15-5-4-7(9)13(19)20/h1-6,17H,(H,16,18)(H,19,20). The molecule has 0 aliphatic rings. The van der Waals surface area contributed by atoms with Gasteiger partial charge in [0.05, 0.1) is 17.4 Å². The van der Waals surface area contributed by atoms with Gasteiger partial charge in [-0.3, -0.25) is 9.78 Å². The Morgan fingerprint density at radius 2 is 2.00 bits per heavy atom. The van der Waals surface area contributed by atoms with Crippen molar-refractivity contribution < 1.29 is 24.2 Å². The summed E-state index contributed by atoms with van der Waals surface area (Å²) >= 11 is 0. The van der Waals surface area contributed by atoms with Crippen LogP contribution in [0.1, 0.15) is 20.7 Å². The summed E-state index contributed by atoms with van der Waals surface area (Å²) in [6.45, 7) is 0. The number of hydrogen-bond donors (Lipinski definition) is 3. The first-order chi connectivity index (χ1) is 9.50. The number of hydrogen-bond acceptors (Lipinski definition) is 4. The lowest BCUT2D eigenvalue weighted by molar-refractivity contribution is 0.0698. The van der Waals surface area contributed by atoms with E-state index in [9.17, 15) is 19.1 Å². The number of carbonyl (C=O) groups excluding carboxylic acids is 1. The van der Waals surface area contributed by atoms with Gasteiger partial charge < -0.3 is 15.5 Å². The summed E-state index contributed by atoms with van der Waals surface area (Å²) in [7, 11) is 0. The summed E-state index contributed by atoms with van der Waals surface area (Å²) in [4.78, 5) is 26.6. The van der Waals surface area contributed by atoms with E-state index in [2.05, 4.69) is 10.3 Å². The van der Waals surface area contributed by atoms with Gasteiger partial charge in [-0.25, -0.2) is 9.18 Å². The van der Waals surface area contributed by atoms with E-state index in [1.54, 1.807) is 0 Å². The van der Waals surface area contributed by atoms with Gasteiger partial charge in [-0.15, -0.1) is 0 Å². The van der Waals surface area contributed by atoms with Crippen LogP contribution in [0.2, 0.25) is 0 Å². The van der Waals surface area contributed by atoms with Gasteiger partial charge in [-0.1, -0.05) is 6.07 Å². The molecule has 20 heavy (non-hydrogen) atoms. The van der Waals surface area contributed by atoms with Gasteiger partial charge in [-0.05, 0) is 18.2 Å². The molecule has 1 aromatic carbocycles. The fourth-order valence-corrected chi connectivity index (χ4v) is 1.60. The average Bonchev–Trinajstić information content (AvgIpc) is 2.38. The van der Waals surface area contributed by atoms with E-state index < -0.39 is 29.0 Å². The molecule has 7 heteroatoms. The fraction of sp³-hybridized carbons (Fsp3) is 0. The predicted molar refractivity (Wildman–Crippen MR) is 67.2 cm³/mol. The van der Waals surface area contributed by atoms with E-state index in [0.717, 1.165) is 18.3 Å². The smallest absolute Gasteiger partial charge is 0.337 e. The fourth-order valence-electron chi connectivity index (χ4n) is 1.60.